The van der Waals surface area contributed by atoms with E-state index in [2.05, 4.69) is 37.6 Å². The van der Waals surface area contributed by atoms with Gasteiger partial charge < -0.3 is 9.64 Å². The van der Waals surface area contributed by atoms with Crippen LogP contribution in [0.25, 0.3) is 0 Å². The number of likely N-dealkylation sites (tertiary alicyclic amines) is 1. The fourth-order valence-corrected chi connectivity index (χ4v) is 3.04. The third kappa shape index (κ3) is 5.45. The van der Waals surface area contributed by atoms with Gasteiger partial charge in [-0.15, -0.1) is 0 Å². The Labute approximate surface area is 145 Å². The minimum absolute atomic E-state index is 0.215. The first-order valence-corrected chi connectivity index (χ1v) is 8.94. The maximum absolute atomic E-state index is 12.2. The lowest BCUT2D eigenvalue weighted by Crippen LogP contribution is -2.35. The summed E-state index contributed by atoms with van der Waals surface area (Å²) in [6.07, 6.45) is 1.72. The van der Waals surface area contributed by atoms with E-state index in [4.69, 9.17) is 4.74 Å². The van der Waals surface area contributed by atoms with Gasteiger partial charge in [-0.25, -0.2) is 4.79 Å². The average Bonchev–Trinajstić information content (AvgIpc) is 2.58. The number of rotatable bonds is 4. The standard InChI is InChI=1S/C20H30N2O2/c1-5-22-13-11-16(12-14-22)15-24-19(23)21-18(20(2,3)4)17-9-7-6-8-10-17/h6-10,16H,5,11-15H2,1-4H3/b21-18+. The summed E-state index contributed by atoms with van der Waals surface area (Å²) in [6.45, 7) is 12.1. The maximum atomic E-state index is 12.2. The minimum Gasteiger partial charge on any atom is -0.448 e. The Morgan fingerprint density at radius 3 is 2.38 bits per heavy atom. The summed E-state index contributed by atoms with van der Waals surface area (Å²) in [5.74, 6) is 0.460. The van der Waals surface area contributed by atoms with Crippen LogP contribution >= 0.6 is 0 Å². The molecule has 0 unspecified atom stereocenters. The van der Waals surface area contributed by atoms with Crippen LogP contribution in [0.2, 0.25) is 0 Å². The molecule has 0 aliphatic carbocycles. The Bertz CT molecular complexity index is 553. The number of piperidine rings is 1. The van der Waals surface area contributed by atoms with Gasteiger partial charge in [-0.2, -0.15) is 4.99 Å². The van der Waals surface area contributed by atoms with E-state index >= 15 is 0 Å². The van der Waals surface area contributed by atoms with Crippen LogP contribution in [-0.2, 0) is 4.74 Å². The van der Waals surface area contributed by atoms with Crippen molar-refractivity contribution < 1.29 is 9.53 Å². The number of benzene rings is 1. The molecule has 1 aromatic rings. The van der Waals surface area contributed by atoms with Gasteiger partial charge >= 0.3 is 6.09 Å². The van der Waals surface area contributed by atoms with Crippen molar-refractivity contribution in [1.82, 2.24) is 4.90 Å². The minimum atomic E-state index is -0.471. The van der Waals surface area contributed by atoms with Crippen LogP contribution in [0.5, 0.6) is 0 Å². The molecule has 0 N–H and O–H groups in total. The first-order valence-electron chi connectivity index (χ1n) is 8.94. The highest BCUT2D eigenvalue weighted by Crippen LogP contribution is 2.23. The number of ether oxygens (including phenoxy) is 1. The van der Waals surface area contributed by atoms with E-state index in [0.717, 1.165) is 43.8 Å². The number of amides is 1. The Morgan fingerprint density at radius 2 is 1.83 bits per heavy atom. The zero-order valence-electron chi connectivity index (χ0n) is 15.4. The molecule has 24 heavy (non-hydrogen) atoms. The van der Waals surface area contributed by atoms with E-state index in [1.807, 2.05) is 30.3 Å². The molecule has 1 aliphatic heterocycles. The van der Waals surface area contributed by atoms with E-state index in [1.54, 1.807) is 0 Å². The highest BCUT2D eigenvalue weighted by molar-refractivity contribution is 6.08. The highest BCUT2D eigenvalue weighted by Gasteiger charge is 2.23. The van der Waals surface area contributed by atoms with E-state index in [-0.39, 0.29) is 5.41 Å². The predicted octanol–water partition coefficient (Wildman–Crippen LogP) is 4.39. The van der Waals surface area contributed by atoms with Gasteiger partial charge in [0.2, 0.25) is 0 Å². The second kappa shape index (κ2) is 8.43. The summed E-state index contributed by atoms with van der Waals surface area (Å²) in [4.78, 5) is 18.9. The summed E-state index contributed by atoms with van der Waals surface area (Å²) < 4.78 is 5.45. The molecule has 1 aliphatic rings. The van der Waals surface area contributed by atoms with Crippen LogP contribution in [0.15, 0.2) is 35.3 Å². The third-order valence-corrected chi connectivity index (χ3v) is 4.56. The number of hydrogen-bond donors (Lipinski definition) is 0. The Hall–Kier alpha value is -1.68. The summed E-state index contributed by atoms with van der Waals surface area (Å²) >= 11 is 0. The summed E-state index contributed by atoms with van der Waals surface area (Å²) in [6, 6.07) is 9.85. The molecule has 1 heterocycles. The quantitative estimate of drug-likeness (QED) is 0.769. The topological polar surface area (TPSA) is 41.9 Å². The summed E-state index contributed by atoms with van der Waals surface area (Å²) in [5, 5.41) is 0. The first kappa shape index (κ1) is 18.7. The predicted molar refractivity (Wildman–Crippen MR) is 98.6 cm³/mol. The fourth-order valence-electron chi connectivity index (χ4n) is 3.04. The molecule has 0 saturated carbocycles. The van der Waals surface area contributed by atoms with Gasteiger partial charge in [-0.05, 0) is 44.0 Å². The zero-order valence-corrected chi connectivity index (χ0v) is 15.4. The van der Waals surface area contributed by atoms with Gasteiger partial charge in [0.05, 0.1) is 12.3 Å². The smallest absolute Gasteiger partial charge is 0.433 e. The Kier molecular flexibility index (Phi) is 6.55. The second-order valence-electron chi connectivity index (χ2n) is 7.53. The van der Waals surface area contributed by atoms with Gasteiger partial charge in [0.1, 0.15) is 0 Å². The van der Waals surface area contributed by atoms with Crippen LogP contribution in [0.1, 0.15) is 46.1 Å². The van der Waals surface area contributed by atoms with Crippen LogP contribution in [0, 0.1) is 11.3 Å². The van der Waals surface area contributed by atoms with Crippen molar-refractivity contribution in [3.63, 3.8) is 0 Å². The molecule has 1 saturated heterocycles. The van der Waals surface area contributed by atoms with Gasteiger partial charge in [0.15, 0.2) is 0 Å². The van der Waals surface area contributed by atoms with Gasteiger partial charge in [-0.3, -0.25) is 0 Å². The lowest BCUT2D eigenvalue weighted by atomic mass is 9.85. The molecule has 0 bridgehead atoms. The number of nitrogens with zero attached hydrogens (tertiary/aromatic N) is 2. The zero-order chi connectivity index (χ0) is 17.6. The molecular weight excluding hydrogens is 300 g/mol. The van der Waals surface area contributed by atoms with Crippen LogP contribution in [-0.4, -0.2) is 42.9 Å². The number of carbonyl (C=O) groups is 1. The van der Waals surface area contributed by atoms with Crippen molar-refractivity contribution in [3.8, 4) is 0 Å². The molecule has 132 valence electrons. The SMILES string of the molecule is CCN1CCC(COC(=O)/N=C(\c2ccccc2)C(C)(C)C)CC1. The number of hydrogen-bond acceptors (Lipinski definition) is 3. The van der Waals surface area contributed by atoms with Crippen molar-refractivity contribution in [1.29, 1.82) is 0 Å². The van der Waals surface area contributed by atoms with E-state index < -0.39 is 6.09 Å². The van der Waals surface area contributed by atoms with Crippen molar-refractivity contribution in [2.75, 3.05) is 26.2 Å². The molecule has 1 aromatic carbocycles. The highest BCUT2D eigenvalue weighted by atomic mass is 16.5. The molecular formula is C20H30N2O2. The Balaban J connectivity index is 1.96. The third-order valence-electron chi connectivity index (χ3n) is 4.56. The first-order chi connectivity index (χ1) is 11.4. The molecule has 1 fully saturated rings. The molecule has 4 nitrogen and oxygen atoms in total. The molecule has 0 radical (unpaired) electrons. The molecule has 0 atom stereocenters. The van der Waals surface area contributed by atoms with Crippen molar-refractivity contribution >= 4 is 11.8 Å². The van der Waals surface area contributed by atoms with E-state index in [1.165, 1.54) is 0 Å². The van der Waals surface area contributed by atoms with Gasteiger partial charge in [-0.1, -0.05) is 58.0 Å². The molecule has 4 heteroatoms. The van der Waals surface area contributed by atoms with Crippen molar-refractivity contribution in [2.45, 2.75) is 40.5 Å². The monoisotopic (exact) mass is 330 g/mol. The Morgan fingerprint density at radius 1 is 1.21 bits per heavy atom. The average molecular weight is 330 g/mol. The normalized spacial score (nSPS) is 17.8. The second-order valence-corrected chi connectivity index (χ2v) is 7.53. The molecule has 0 aromatic heterocycles. The van der Waals surface area contributed by atoms with Crippen LogP contribution < -0.4 is 0 Å². The molecule has 1 amide bonds. The summed E-state index contributed by atoms with van der Waals surface area (Å²) in [5.41, 5.74) is 1.53. The van der Waals surface area contributed by atoms with Gasteiger partial charge in [0.25, 0.3) is 0 Å². The van der Waals surface area contributed by atoms with Crippen LogP contribution in [0.3, 0.4) is 0 Å². The largest absolute Gasteiger partial charge is 0.448 e. The lowest BCUT2D eigenvalue weighted by Gasteiger charge is -2.30. The lowest BCUT2D eigenvalue weighted by molar-refractivity contribution is 0.104. The molecule has 2 rings (SSSR count). The van der Waals surface area contributed by atoms with Crippen LogP contribution in [0.4, 0.5) is 4.79 Å². The fraction of sp³-hybridized carbons (Fsp3) is 0.600. The van der Waals surface area contributed by atoms with E-state index in [9.17, 15) is 4.79 Å². The van der Waals surface area contributed by atoms with Crippen molar-refractivity contribution in [2.24, 2.45) is 16.3 Å². The number of aliphatic imine (C=N–C) groups is 1. The number of carbonyl (C=O) groups excluding carboxylic acids is 1. The van der Waals surface area contributed by atoms with Gasteiger partial charge in [0, 0.05) is 5.41 Å². The van der Waals surface area contributed by atoms with Crippen molar-refractivity contribution in [3.05, 3.63) is 35.9 Å². The summed E-state index contributed by atoms with van der Waals surface area (Å²) in [7, 11) is 0. The maximum Gasteiger partial charge on any atom is 0.433 e. The van der Waals surface area contributed by atoms with E-state index in [0.29, 0.717) is 12.5 Å². The molecule has 0 spiro atoms.